The Labute approximate surface area is 254 Å². The lowest BCUT2D eigenvalue weighted by Gasteiger charge is -2.23. The number of nitrogens with zero attached hydrogens (tertiary/aromatic N) is 1. The molecule has 0 fully saturated rings. The lowest BCUT2D eigenvalue weighted by molar-refractivity contribution is -0.274. The van der Waals surface area contributed by atoms with E-state index in [-0.39, 0.29) is 43.9 Å². The minimum absolute atomic E-state index is 0. The first-order valence-electron chi connectivity index (χ1n) is 13.6. The number of amides is 1. The highest BCUT2D eigenvalue weighted by Crippen LogP contribution is 2.35. The number of carbonyl (C=O) groups excluding carboxylic acids is 1. The predicted molar refractivity (Wildman–Crippen MR) is 158 cm³/mol. The summed E-state index contributed by atoms with van der Waals surface area (Å²) in [6, 6.07) is 20.4. The Morgan fingerprint density at radius 1 is 0.841 bits per heavy atom. The third-order valence-electron chi connectivity index (χ3n) is 6.33. The van der Waals surface area contributed by atoms with E-state index in [2.05, 4.69) is 9.26 Å². The summed E-state index contributed by atoms with van der Waals surface area (Å²) in [5.74, 6) is 0.918. The van der Waals surface area contributed by atoms with Crippen molar-refractivity contribution in [2.75, 3.05) is 26.9 Å². The number of alkyl halides is 3. The number of ether oxygens (including phenoxy) is 3. The molecule has 44 heavy (non-hydrogen) atoms. The zero-order valence-corrected chi connectivity index (χ0v) is 25.3. The van der Waals surface area contributed by atoms with Crippen molar-refractivity contribution in [3.63, 3.8) is 0 Å². The van der Waals surface area contributed by atoms with Crippen LogP contribution in [0, 0.1) is 0 Å². The molecule has 0 aliphatic rings. The normalized spacial score (nSPS) is 11.4. The van der Waals surface area contributed by atoms with Gasteiger partial charge in [-0.15, -0.1) is 13.2 Å². The number of methoxy groups -OCH3 is 1. The number of rotatable bonds is 17. The van der Waals surface area contributed by atoms with Crippen LogP contribution in [0.15, 0.2) is 72.8 Å². The molecule has 3 aromatic rings. The van der Waals surface area contributed by atoms with Gasteiger partial charge in [0.1, 0.15) is 17.2 Å². The molecular formula is C30H38F3N2O8P. The van der Waals surface area contributed by atoms with Crippen LogP contribution >= 0.6 is 7.82 Å². The van der Waals surface area contributed by atoms with Crippen LogP contribution in [-0.2, 0) is 33.3 Å². The summed E-state index contributed by atoms with van der Waals surface area (Å²) in [7, 11) is -3.09. The molecule has 0 atom stereocenters. The van der Waals surface area contributed by atoms with Crippen LogP contribution < -0.4 is 20.4 Å². The van der Waals surface area contributed by atoms with Crippen molar-refractivity contribution in [2.24, 2.45) is 0 Å². The highest BCUT2D eigenvalue weighted by atomic mass is 31.2. The Bertz CT molecular complexity index is 1340. The molecule has 0 aromatic heterocycles. The SMILES string of the molecule is COc1ccc(CN(CCOP(=O)(O)O)C(=O)CCCCc2cccc(OCCc3ccc(OC(F)(F)F)cc3)c2)cc1.N. The number of hydrogen-bond acceptors (Lipinski definition) is 7. The third-order valence-corrected chi connectivity index (χ3v) is 6.85. The first kappa shape index (κ1) is 36.6. The number of aryl methyl sites for hydroxylation is 1. The van der Waals surface area contributed by atoms with E-state index in [9.17, 15) is 22.5 Å². The largest absolute Gasteiger partial charge is 0.573 e. The molecule has 0 bridgehead atoms. The fraction of sp³-hybridized carbons (Fsp3) is 0.367. The van der Waals surface area contributed by atoms with E-state index in [1.165, 1.54) is 17.0 Å². The van der Waals surface area contributed by atoms with Crippen molar-refractivity contribution in [3.8, 4) is 17.2 Å². The van der Waals surface area contributed by atoms with Gasteiger partial charge in [-0.1, -0.05) is 36.4 Å². The number of hydrogen-bond donors (Lipinski definition) is 3. The van der Waals surface area contributed by atoms with Gasteiger partial charge in [0, 0.05) is 25.9 Å². The van der Waals surface area contributed by atoms with Crippen LogP contribution in [0.2, 0.25) is 0 Å². The number of phosphoric ester groups is 1. The van der Waals surface area contributed by atoms with Gasteiger partial charge in [-0.2, -0.15) is 0 Å². The molecule has 0 spiro atoms. The number of unbranched alkanes of at least 4 members (excludes halogenated alkanes) is 1. The molecule has 0 radical (unpaired) electrons. The minimum Gasteiger partial charge on any atom is -0.497 e. The predicted octanol–water partition coefficient (Wildman–Crippen LogP) is 6.23. The standard InChI is InChI=1S/C30H35F3NO8P.H3N/c1-39-26-13-11-25(12-14-26)22-34(18-20-41-43(36,37)38)29(35)8-3-2-5-24-6-4-7-28(21-24)40-19-17-23-9-15-27(16-10-23)42-30(31,32)33;/h4,6-7,9-16,21H,2-3,5,8,17-20,22H2,1H3,(H2,36,37,38);1H3. The highest BCUT2D eigenvalue weighted by molar-refractivity contribution is 7.46. The second-order valence-electron chi connectivity index (χ2n) is 9.63. The van der Waals surface area contributed by atoms with Crippen LogP contribution in [-0.4, -0.2) is 53.8 Å². The fourth-order valence-electron chi connectivity index (χ4n) is 4.21. The van der Waals surface area contributed by atoms with Gasteiger partial charge in [-0.25, -0.2) is 4.57 Å². The monoisotopic (exact) mass is 642 g/mol. The molecule has 1 amide bonds. The summed E-state index contributed by atoms with van der Waals surface area (Å²) < 4.78 is 67.4. The summed E-state index contributed by atoms with van der Waals surface area (Å²) in [6.07, 6.45) is -1.91. The van der Waals surface area contributed by atoms with Gasteiger partial charge in [-0.05, 0) is 72.4 Å². The van der Waals surface area contributed by atoms with E-state index in [1.807, 2.05) is 36.4 Å². The van der Waals surface area contributed by atoms with E-state index in [4.69, 9.17) is 19.3 Å². The molecule has 14 heteroatoms. The minimum atomic E-state index is -4.73. The van der Waals surface area contributed by atoms with E-state index in [0.29, 0.717) is 37.4 Å². The van der Waals surface area contributed by atoms with Gasteiger partial charge in [0.25, 0.3) is 0 Å². The molecule has 3 rings (SSSR count). The van der Waals surface area contributed by atoms with Crippen molar-refractivity contribution in [1.29, 1.82) is 0 Å². The summed E-state index contributed by atoms with van der Waals surface area (Å²) in [5, 5.41) is 0. The van der Waals surface area contributed by atoms with Gasteiger partial charge in [0.15, 0.2) is 0 Å². The summed E-state index contributed by atoms with van der Waals surface area (Å²) in [5.41, 5.74) is 2.68. The van der Waals surface area contributed by atoms with Gasteiger partial charge in [-0.3, -0.25) is 9.32 Å². The van der Waals surface area contributed by atoms with Crippen LogP contribution in [0.1, 0.15) is 36.0 Å². The van der Waals surface area contributed by atoms with Crippen LogP contribution in [0.3, 0.4) is 0 Å². The van der Waals surface area contributed by atoms with Crippen molar-refractivity contribution < 1.29 is 51.1 Å². The first-order chi connectivity index (χ1) is 20.4. The van der Waals surface area contributed by atoms with Gasteiger partial charge in [0.2, 0.25) is 5.91 Å². The molecule has 5 N–H and O–H groups in total. The van der Waals surface area contributed by atoms with Gasteiger partial charge in [0.05, 0.1) is 20.3 Å². The second kappa shape index (κ2) is 17.6. The first-order valence-corrected chi connectivity index (χ1v) is 15.1. The summed E-state index contributed by atoms with van der Waals surface area (Å²) in [4.78, 5) is 32.5. The van der Waals surface area contributed by atoms with Crippen LogP contribution in [0.4, 0.5) is 13.2 Å². The topological polar surface area (TPSA) is 150 Å². The molecule has 10 nitrogen and oxygen atoms in total. The Hall–Kier alpha value is -3.61. The maximum absolute atomic E-state index is 13.0. The lowest BCUT2D eigenvalue weighted by atomic mass is 10.1. The molecule has 0 aliphatic carbocycles. The van der Waals surface area contributed by atoms with Crippen molar-refractivity contribution in [1.82, 2.24) is 11.1 Å². The van der Waals surface area contributed by atoms with E-state index in [0.717, 1.165) is 23.1 Å². The van der Waals surface area contributed by atoms with Crippen molar-refractivity contribution >= 4 is 13.7 Å². The number of phosphoric acid groups is 1. The zero-order chi connectivity index (χ0) is 31.3. The molecule has 0 saturated carbocycles. The molecule has 0 aliphatic heterocycles. The molecule has 3 aromatic carbocycles. The average molecular weight is 643 g/mol. The molecule has 0 unspecified atom stereocenters. The van der Waals surface area contributed by atoms with Crippen molar-refractivity contribution in [3.05, 3.63) is 89.5 Å². The van der Waals surface area contributed by atoms with Gasteiger partial charge < -0.3 is 35.0 Å². The Morgan fingerprint density at radius 3 is 2.14 bits per heavy atom. The fourth-order valence-corrected chi connectivity index (χ4v) is 4.53. The number of benzene rings is 3. The average Bonchev–Trinajstić information content (AvgIpc) is 2.95. The maximum Gasteiger partial charge on any atom is 0.573 e. The smallest absolute Gasteiger partial charge is 0.497 e. The van der Waals surface area contributed by atoms with E-state index >= 15 is 0 Å². The number of carbonyl (C=O) groups is 1. The molecule has 242 valence electrons. The van der Waals surface area contributed by atoms with Crippen LogP contribution in [0.5, 0.6) is 17.2 Å². The van der Waals surface area contributed by atoms with Crippen LogP contribution in [0.25, 0.3) is 0 Å². The second-order valence-corrected chi connectivity index (χ2v) is 10.9. The van der Waals surface area contributed by atoms with E-state index < -0.39 is 14.2 Å². The quantitative estimate of drug-likeness (QED) is 0.115. The van der Waals surface area contributed by atoms with Crippen molar-refractivity contribution in [2.45, 2.75) is 45.0 Å². The Morgan fingerprint density at radius 2 is 1.50 bits per heavy atom. The Kier molecular flexibility index (Phi) is 14.7. The number of halogens is 3. The Balaban J connectivity index is 0.00000675. The van der Waals surface area contributed by atoms with E-state index in [1.54, 1.807) is 31.4 Å². The lowest BCUT2D eigenvalue weighted by Crippen LogP contribution is -2.33. The summed E-state index contributed by atoms with van der Waals surface area (Å²) >= 11 is 0. The maximum atomic E-state index is 13.0. The summed E-state index contributed by atoms with van der Waals surface area (Å²) in [6.45, 7) is 0.336. The highest BCUT2D eigenvalue weighted by Gasteiger charge is 2.31. The van der Waals surface area contributed by atoms with Gasteiger partial charge >= 0.3 is 14.2 Å². The molecule has 0 heterocycles. The molecule has 0 saturated heterocycles. The third kappa shape index (κ3) is 14.2. The zero-order valence-electron chi connectivity index (χ0n) is 24.4. The molecular weight excluding hydrogens is 604 g/mol.